The Morgan fingerprint density at radius 3 is 3.00 bits per heavy atom. The fourth-order valence-corrected chi connectivity index (χ4v) is 3.86. The predicted molar refractivity (Wildman–Crippen MR) is 64.3 cm³/mol. The number of hydrogen-bond acceptors (Lipinski definition) is 3. The summed E-state index contributed by atoms with van der Waals surface area (Å²) in [5, 5.41) is 0. The van der Waals surface area contributed by atoms with Crippen molar-refractivity contribution in [3.05, 3.63) is 21.4 Å². The lowest BCUT2D eigenvalue weighted by atomic mass is 10.0. The highest BCUT2D eigenvalue weighted by molar-refractivity contribution is 7.12. The average molecular weight is 222 g/mol. The Morgan fingerprint density at radius 2 is 2.33 bits per heavy atom. The Kier molecular flexibility index (Phi) is 2.16. The van der Waals surface area contributed by atoms with Crippen molar-refractivity contribution in [2.24, 2.45) is 5.73 Å². The number of fused-ring (bicyclic) bond motifs is 1. The lowest BCUT2D eigenvalue weighted by Gasteiger charge is -2.21. The molecular weight excluding hydrogens is 204 g/mol. The minimum Gasteiger partial charge on any atom is -0.330 e. The third-order valence-electron chi connectivity index (χ3n) is 3.82. The van der Waals surface area contributed by atoms with Gasteiger partial charge >= 0.3 is 0 Å². The predicted octanol–water partition coefficient (Wildman–Crippen LogP) is 1.73. The van der Waals surface area contributed by atoms with Gasteiger partial charge in [-0.3, -0.25) is 0 Å². The molecule has 0 unspecified atom stereocenters. The average Bonchev–Trinajstić information content (AvgIpc) is 2.93. The van der Waals surface area contributed by atoms with Gasteiger partial charge in [0.2, 0.25) is 0 Å². The standard InChI is InChI=1S/C12H18N2S/c1-14-5-2-10-9(7-14)6-11(15-10)12(8-13)3-4-12/h6H,2-5,7-8,13H2,1H3. The second kappa shape index (κ2) is 3.30. The maximum Gasteiger partial charge on any atom is 0.0241 e. The highest BCUT2D eigenvalue weighted by atomic mass is 32.1. The summed E-state index contributed by atoms with van der Waals surface area (Å²) in [5.74, 6) is 0. The van der Waals surface area contributed by atoms with Crippen LogP contribution in [-0.2, 0) is 18.4 Å². The third-order valence-corrected chi connectivity index (χ3v) is 5.31. The highest BCUT2D eigenvalue weighted by Crippen LogP contribution is 2.50. The van der Waals surface area contributed by atoms with Crippen molar-refractivity contribution in [2.45, 2.75) is 31.2 Å². The Balaban J connectivity index is 1.93. The fourth-order valence-electron chi connectivity index (χ4n) is 2.44. The first-order valence-electron chi connectivity index (χ1n) is 5.74. The van der Waals surface area contributed by atoms with Crippen LogP contribution < -0.4 is 5.73 Å². The molecule has 1 fully saturated rings. The van der Waals surface area contributed by atoms with Gasteiger partial charge in [0.15, 0.2) is 0 Å². The van der Waals surface area contributed by atoms with Crippen molar-refractivity contribution in [1.82, 2.24) is 4.90 Å². The van der Waals surface area contributed by atoms with Gasteiger partial charge in [-0.15, -0.1) is 11.3 Å². The minimum absolute atomic E-state index is 0.389. The van der Waals surface area contributed by atoms with Crippen molar-refractivity contribution in [2.75, 3.05) is 20.1 Å². The van der Waals surface area contributed by atoms with Gasteiger partial charge in [0, 0.05) is 34.8 Å². The Bertz CT molecular complexity index is 379. The normalized spacial score (nSPS) is 23.9. The van der Waals surface area contributed by atoms with Crippen LogP contribution in [0, 0.1) is 0 Å². The van der Waals surface area contributed by atoms with Crippen LogP contribution in [-0.4, -0.2) is 25.0 Å². The van der Waals surface area contributed by atoms with Crippen LogP contribution in [0.2, 0.25) is 0 Å². The molecule has 82 valence electrons. The lowest BCUT2D eigenvalue weighted by molar-refractivity contribution is 0.315. The molecule has 2 N–H and O–H groups in total. The summed E-state index contributed by atoms with van der Waals surface area (Å²) < 4.78 is 0. The van der Waals surface area contributed by atoms with Gasteiger partial charge in [-0.2, -0.15) is 0 Å². The summed E-state index contributed by atoms with van der Waals surface area (Å²) >= 11 is 2.02. The Labute approximate surface area is 95.1 Å². The highest BCUT2D eigenvalue weighted by Gasteiger charge is 2.44. The molecule has 15 heavy (non-hydrogen) atoms. The van der Waals surface area contributed by atoms with Crippen LogP contribution in [0.5, 0.6) is 0 Å². The molecule has 2 heterocycles. The number of rotatable bonds is 2. The third kappa shape index (κ3) is 1.53. The Hall–Kier alpha value is -0.380. The maximum absolute atomic E-state index is 5.88. The summed E-state index contributed by atoms with van der Waals surface area (Å²) in [7, 11) is 2.20. The van der Waals surface area contributed by atoms with Crippen molar-refractivity contribution >= 4 is 11.3 Å². The molecule has 3 heteroatoms. The van der Waals surface area contributed by atoms with E-state index < -0.39 is 0 Å². The van der Waals surface area contributed by atoms with Crippen LogP contribution in [0.1, 0.15) is 28.2 Å². The zero-order valence-electron chi connectivity index (χ0n) is 9.25. The monoisotopic (exact) mass is 222 g/mol. The molecule has 1 saturated carbocycles. The molecule has 2 nitrogen and oxygen atoms in total. The van der Waals surface area contributed by atoms with Crippen molar-refractivity contribution < 1.29 is 0 Å². The van der Waals surface area contributed by atoms with Crippen molar-refractivity contribution in [3.8, 4) is 0 Å². The SMILES string of the molecule is CN1CCc2sc(C3(CN)CC3)cc2C1. The maximum atomic E-state index is 5.88. The number of nitrogens with two attached hydrogens (primary N) is 1. The molecule has 1 aliphatic heterocycles. The first-order valence-corrected chi connectivity index (χ1v) is 6.56. The zero-order valence-corrected chi connectivity index (χ0v) is 10.1. The molecule has 0 bridgehead atoms. The van der Waals surface area contributed by atoms with Crippen molar-refractivity contribution in [3.63, 3.8) is 0 Å². The van der Waals surface area contributed by atoms with E-state index in [2.05, 4.69) is 18.0 Å². The van der Waals surface area contributed by atoms with E-state index in [9.17, 15) is 0 Å². The van der Waals surface area contributed by atoms with Gasteiger partial charge in [0.05, 0.1) is 0 Å². The van der Waals surface area contributed by atoms with Gasteiger partial charge in [-0.05, 0) is 37.9 Å². The number of hydrogen-bond donors (Lipinski definition) is 1. The second-order valence-electron chi connectivity index (χ2n) is 5.03. The van der Waals surface area contributed by atoms with E-state index in [0.717, 1.165) is 13.1 Å². The second-order valence-corrected chi connectivity index (χ2v) is 6.17. The molecule has 2 aliphatic rings. The van der Waals surface area contributed by atoms with Crippen LogP contribution in [0.4, 0.5) is 0 Å². The molecule has 0 spiro atoms. The topological polar surface area (TPSA) is 29.3 Å². The largest absolute Gasteiger partial charge is 0.330 e. The first kappa shape index (κ1) is 9.82. The molecule has 1 aromatic rings. The van der Waals surface area contributed by atoms with Crippen LogP contribution in [0.25, 0.3) is 0 Å². The molecular formula is C12H18N2S. The molecule has 0 radical (unpaired) electrons. The molecule has 1 aromatic heterocycles. The van der Waals surface area contributed by atoms with Crippen LogP contribution in [0.3, 0.4) is 0 Å². The lowest BCUT2D eigenvalue weighted by Crippen LogP contribution is -2.25. The summed E-state index contributed by atoms with van der Waals surface area (Å²) in [6.45, 7) is 3.18. The number of nitrogens with zero attached hydrogens (tertiary/aromatic N) is 1. The number of likely N-dealkylation sites (N-methyl/N-ethyl adjacent to an activating group) is 1. The van der Waals surface area contributed by atoms with E-state index >= 15 is 0 Å². The van der Waals surface area contributed by atoms with Crippen LogP contribution in [0.15, 0.2) is 6.07 Å². The summed E-state index contributed by atoms with van der Waals surface area (Å²) in [5.41, 5.74) is 7.83. The first-order chi connectivity index (χ1) is 7.23. The number of thiophene rings is 1. The molecule has 3 rings (SSSR count). The van der Waals surface area contributed by atoms with E-state index in [1.54, 1.807) is 15.3 Å². The van der Waals surface area contributed by atoms with E-state index in [1.165, 1.54) is 25.8 Å². The molecule has 1 aliphatic carbocycles. The fraction of sp³-hybridized carbons (Fsp3) is 0.667. The molecule has 0 aromatic carbocycles. The molecule has 0 saturated heterocycles. The molecule has 0 atom stereocenters. The van der Waals surface area contributed by atoms with Gasteiger partial charge < -0.3 is 10.6 Å². The van der Waals surface area contributed by atoms with E-state index in [4.69, 9.17) is 5.73 Å². The quantitative estimate of drug-likeness (QED) is 0.825. The van der Waals surface area contributed by atoms with Gasteiger partial charge in [-0.25, -0.2) is 0 Å². The summed E-state index contributed by atoms with van der Waals surface area (Å²) in [4.78, 5) is 5.58. The summed E-state index contributed by atoms with van der Waals surface area (Å²) in [6.07, 6.45) is 3.84. The minimum atomic E-state index is 0.389. The van der Waals surface area contributed by atoms with E-state index in [0.29, 0.717) is 5.41 Å². The van der Waals surface area contributed by atoms with Gasteiger partial charge in [-0.1, -0.05) is 0 Å². The smallest absolute Gasteiger partial charge is 0.0241 e. The Morgan fingerprint density at radius 1 is 1.53 bits per heavy atom. The van der Waals surface area contributed by atoms with Crippen molar-refractivity contribution in [1.29, 1.82) is 0 Å². The van der Waals surface area contributed by atoms with E-state index in [1.807, 2.05) is 11.3 Å². The van der Waals surface area contributed by atoms with Gasteiger partial charge in [0.1, 0.15) is 0 Å². The van der Waals surface area contributed by atoms with Gasteiger partial charge in [0.25, 0.3) is 0 Å². The van der Waals surface area contributed by atoms with E-state index in [-0.39, 0.29) is 0 Å². The zero-order chi connectivity index (χ0) is 10.5. The van der Waals surface area contributed by atoms with Crippen LogP contribution >= 0.6 is 11.3 Å². The molecule has 0 amide bonds. The summed E-state index contributed by atoms with van der Waals surface area (Å²) in [6, 6.07) is 2.43.